The molecule has 0 radical (unpaired) electrons. The number of likely N-dealkylation sites (tertiary alicyclic amines) is 1. The van der Waals surface area contributed by atoms with E-state index in [-0.39, 0.29) is 18.2 Å². The predicted octanol–water partition coefficient (Wildman–Crippen LogP) is 1.52. The summed E-state index contributed by atoms with van der Waals surface area (Å²) in [4.78, 5) is 25.3. The zero-order valence-corrected chi connectivity index (χ0v) is 15.2. The van der Waals surface area contributed by atoms with Crippen LogP contribution < -0.4 is 5.32 Å². The lowest BCUT2D eigenvalue weighted by Crippen LogP contribution is -2.50. The number of urea groups is 1. The lowest BCUT2D eigenvalue weighted by atomic mass is 9.91. The second-order valence-electron chi connectivity index (χ2n) is 6.79. The number of hydrogen-bond donors (Lipinski definition) is 2. The van der Waals surface area contributed by atoms with Crippen molar-refractivity contribution in [1.29, 1.82) is 0 Å². The summed E-state index contributed by atoms with van der Waals surface area (Å²) in [7, 11) is -3.31. The van der Waals surface area contributed by atoms with Crippen molar-refractivity contribution in [3.05, 3.63) is 35.9 Å². The minimum absolute atomic E-state index is 0.0747. The van der Waals surface area contributed by atoms with Crippen LogP contribution in [0.25, 0.3) is 0 Å². The highest BCUT2D eigenvalue weighted by Crippen LogP contribution is 2.23. The lowest BCUT2D eigenvalue weighted by molar-refractivity contribution is -0.143. The van der Waals surface area contributed by atoms with Crippen molar-refractivity contribution in [3.63, 3.8) is 0 Å². The molecule has 1 heterocycles. The third-order valence-electron chi connectivity index (χ3n) is 4.27. The molecule has 0 bridgehead atoms. The predicted molar refractivity (Wildman–Crippen MR) is 93.9 cm³/mol. The van der Waals surface area contributed by atoms with Crippen LogP contribution in [0.3, 0.4) is 0 Å². The molecule has 138 valence electrons. The minimum atomic E-state index is -3.31. The molecule has 1 saturated heterocycles. The zero-order valence-electron chi connectivity index (χ0n) is 14.4. The van der Waals surface area contributed by atoms with Gasteiger partial charge in [-0.2, -0.15) is 0 Å². The molecule has 2 amide bonds. The first kappa shape index (κ1) is 19.2. The summed E-state index contributed by atoms with van der Waals surface area (Å²) >= 11 is 0. The largest absolute Gasteiger partial charge is 0.481 e. The number of aliphatic carboxylic acids is 1. The zero-order chi connectivity index (χ0) is 18.6. The van der Waals surface area contributed by atoms with Gasteiger partial charge in [0.25, 0.3) is 0 Å². The second-order valence-corrected chi connectivity index (χ2v) is 8.97. The summed E-state index contributed by atoms with van der Waals surface area (Å²) in [5.74, 6) is -1.65. The third-order valence-corrected chi connectivity index (χ3v) is 5.20. The molecule has 1 aliphatic rings. The molecule has 3 atom stereocenters. The van der Waals surface area contributed by atoms with Gasteiger partial charge in [0, 0.05) is 19.3 Å². The van der Waals surface area contributed by atoms with Gasteiger partial charge >= 0.3 is 12.0 Å². The topological polar surface area (TPSA) is 104 Å². The molecule has 0 aliphatic carbocycles. The molecule has 0 aromatic heterocycles. The highest BCUT2D eigenvalue weighted by atomic mass is 32.2. The van der Waals surface area contributed by atoms with Crippen LogP contribution in [-0.2, 0) is 14.6 Å². The van der Waals surface area contributed by atoms with Crippen LogP contribution >= 0.6 is 0 Å². The number of carbonyl (C=O) groups is 2. The Balaban J connectivity index is 2.14. The Hall–Kier alpha value is -2.09. The van der Waals surface area contributed by atoms with Gasteiger partial charge in [-0.25, -0.2) is 13.2 Å². The SMILES string of the molecule is CC1CC(C(=O)O)CN(C(=O)NC(CS(C)(=O)=O)c2ccccc2)C1. The summed E-state index contributed by atoms with van der Waals surface area (Å²) < 4.78 is 23.4. The molecule has 7 nitrogen and oxygen atoms in total. The monoisotopic (exact) mass is 368 g/mol. The van der Waals surface area contributed by atoms with Gasteiger partial charge in [-0.1, -0.05) is 37.3 Å². The summed E-state index contributed by atoms with van der Waals surface area (Å²) in [5.41, 5.74) is 0.695. The summed E-state index contributed by atoms with van der Waals surface area (Å²) in [5, 5.41) is 12.0. The number of piperidine rings is 1. The number of hydrogen-bond acceptors (Lipinski definition) is 4. The van der Waals surface area contributed by atoms with Gasteiger partial charge in [-0.05, 0) is 17.9 Å². The fourth-order valence-electron chi connectivity index (χ4n) is 3.15. The first-order chi connectivity index (χ1) is 11.7. The molecule has 1 fully saturated rings. The van der Waals surface area contributed by atoms with Gasteiger partial charge in [-0.15, -0.1) is 0 Å². The van der Waals surface area contributed by atoms with Crippen molar-refractivity contribution in [2.75, 3.05) is 25.1 Å². The van der Waals surface area contributed by atoms with Gasteiger partial charge in [0.2, 0.25) is 0 Å². The number of nitrogens with one attached hydrogen (secondary N) is 1. The van der Waals surface area contributed by atoms with Crippen LogP contribution in [0.2, 0.25) is 0 Å². The normalized spacial score (nSPS) is 22.2. The average molecular weight is 368 g/mol. The Morgan fingerprint density at radius 2 is 1.92 bits per heavy atom. The molecular formula is C17H24N2O5S. The van der Waals surface area contributed by atoms with E-state index in [9.17, 15) is 23.1 Å². The van der Waals surface area contributed by atoms with Crippen molar-refractivity contribution in [2.45, 2.75) is 19.4 Å². The van der Waals surface area contributed by atoms with E-state index in [2.05, 4.69) is 5.32 Å². The summed E-state index contributed by atoms with van der Waals surface area (Å²) in [6.45, 7) is 2.49. The Bertz CT molecular complexity index is 720. The number of benzene rings is 1. The quantitative estimate of drug-likeness (QED) is 0.820. The Morgan fingerprint density at radius 1 is 1.28 bits per heavy atom. The molecule has 0 saturated carbocycles. The van der Waals surface area contributed by atoms with Crippen molar-refractivity contribution in [3.8, 4) is 0 Å². The highest BCUT2D eigenvalue weighted by Gasteiger charge is 2.33. The maximum Gasteiger partial charge on any atom is 0.317 e. The average Bonchev–Trinajstić information content (AvgIpc) is 2.53. The third kappa shape index (κ3) is 5.74. The Morgan fingerprint density at radius 3 is 2.48 bits per heavy atom. The summed E-state index contributed by atoms with van der Waals surface area (Å²) in [6, 6.07) is 7.77. The van der Waals surface area contributed by atoms with E-state index in [1.165, 1.54) is 4.90 Å². The molecule has 1 aromatic rings. The number of nitrogens with zero attached hydrogens (tertiary/aromatic N) is 1. The van der Waals surface area contributed by atoms with Gasteiger partial charge in [0.15, 0.2) is 0 Å². The smallest absolute Gasteiger partial charge is 0.317 e. The standard InChI is InChI=1S/C17H24N2O5S/c1-12-8-14(16(20)21)10-19(9-12)17(22)18-15(11-25(2,23)24)13-6-4-3-5-7-13/h3-7,12,14-15H,8-11H2,1-2H3,(H,18,22)(H,20,21). The molecular weight excluding hydrogens is 344 g/mol. The fourth-order valence-corrected chi connectivity index (χ4v) is 4.03. The van der Waals surface area contributed by atoms with Crippen molar-refractivity contribution < 1.29 is 23.1 Å². The van der Waals surface area contributed by atoms with E-state index in [0.717, 1.165) is 6.26 Å². The highest BCUT2D eigenvalue weighted by molar-refractivity contribution is 7.90. The molecule has 3 unspecified atom stereocenters. The van der Waals surface area contributed by atoms with Crippen LogP contribution in [0.1, 0.15) is 24.9 Å². The first-order valence-corrected chi connectivity index (χ1v) is 10.2. The second kappa shape index (κ2) is 7.86. The van der Waals surface area contributed by atoms with E-state index in [0.29, 0.717) is 18.5 Å². The van der Waals surface area contributed by atoms with Crippen molar-refractivity contribution >= 4 is 21.8 Å². The van der Waals surface area contributed by atoms with Gasteiger partial charge in [0.1, 0.15) is 9.84 Å². The Labute approximate surface area is 147 Å². The molecule has 0 spiro atoms. The molecule has 1 aliphatic heterocycles. The van der Waals surface area contributed by atoms with Gasteiger partial charge in [-0.3, -0.25) is 4.79 Å². The van der Waals surface area contributed by atoms with Gasteiger partial charge < -0.3 is 15.3 Å². The van der Waals surface area contributed by atoms with E-state index in [1.807, 2.05) is 13.0 Å². The first-order valence-electron chi connectivity index (χ1n) is 8.16. The number of carbonyl (C=O) groups excluding carboxylic acids is 1. The van der Waals surface area contributed by atoms with Gasteiger partial charge in [0.05, 0.1) is 17.7 Å². The molecule has 8 heteroatoms. The lowest BCUT2D eigenvalue weighted by Gasteiger charge is -2.35. The number of amides is 2. The van der Waals surface area contributed by atoms with E-state index in [4.69, 9.17) is 0 Å². The van der Waals surface area contributed by atoms with Crippen LogP contribution in [0, 0.1) is 11.8 Å². The molecule has 1 aromatic carbocycles. The maximum absolute atomic E-state index is 12.6. The van der Waals surface area contributed by atoms with E-state index < -0.39 is 33.8 Å². The number of carboxylic acid groups (broad SMARTS) is 1. The number of sulfone groups is 1. The van der Waals surface area contributed by atoms with Crippen LogP contribution in [0.5, 0.6) is 0 Å². The van der Waals surface area contributed by atoms with Crippen molar-refractivity contribution in [1.82, 2.24) is 10.2 Å². The molecule has 2 N–H and O–H groups in total. The number of rotatable bonds is 5. The Kier molecular flexibility index (Phi) is 6.05. The number of carboxylic acids is 1. The van der Waals surface area contributed by atoms with Crippen molar-refractivity contribution in [2.24, 2.45) is 11.8 Å². The fraction of sp³-hybridized carbons (Fsp3) is 0.529. The van der Waals surface area contributed by atoms with Crippen LogP contribution in [-0.4, -0.2) is 55.5 Å². The van der Waals surface area contributed by atoms with Crippen LogP contribution in [0.4, 0.5) is 4.79 Å². The molecule has 25 heavy (non-hydrogen) atoms. The maximum atomic E-state index is 12.6. The summed E-state index contributed by atoms with van der Waals surface area (Å²) in [6.07, 6.45) is 1.66. The minimum Gasteiger partial charge on any atom is -0.481 e. The van der Waals surface area contributed by atoms with E-state index >= 15 is 0 Å². The van der Waals surface area contributed by atoms with Crippen LogP contribution in [0.15, 0.2) is 30.3 Å². The molecule has 2 rings (SSSR count). The van der Waals surface area contributed by atoms with E-state index in [1.54, 1.807) is 24.3 Å².